The fourth-order valence-electron chi connectivity index (χ4n) is 2.77. The van der Waals surface area contributed by atoms with Gasteiger partial charge in [-0.1, -0.05) is 11.6 Å². The lowest BCUT2D eigenvalue weighted by Gasteiger charge is -2.25. The molecule has 9 heteroatoms. The Labute approximate surface area is 167 Å². The summed E-state index contributed by atoms with van der Waals surface area (Å²) in [6.07, 6.45) is 0. The first kappa shape index (κ1) is 19.9. The van der Waals surface area contributed by atoms with Crippen LogP contribution in [0.1, 0.15) is 12.5 Å². The molecule has 1 heterocycles. The molecule has 0 aliphatic carbocycles. The molecule has 3 rings (SSSR count). The van der Waals surface area contributed by atoms with Crippen molar-refractivity contribution >= 4 is 28.9 Å². The van der Waals surface area contributed by atoms with Crippen LogP contribution >= 0.6 is 11.6 Å². The molecule has 1 N–H and O–H groups in total. The third-order valence-corrected chi connectivity index (χ3v) is 4.88. The zero-order chi connectivity index (χ0) is 20.3. The second-order valence-corrected chi connectivity index (χ2v) is 6.88. The Morgan fingerprint density at radius 1 is 1.25 bits per heavy atom. The molecule has 1 unspecified atom stereocenters. The number of carbonyl (C=O) groups excluding carboxylic acids is 1. The van der Waals surface area contributed by atoms with Crippen LogP contribution in [0.5, 0.6) is 11.5 Å². The minimum absolute atomic E-state index is 0.0406. The molecule has 0 spiro atoms. The standard InChI is InChI=1S/C19H20ClN3O5/c1-12(22(2)11-13-9-15(23(25)26)4-5-16(13)20)19(24)21-14-3-6-17-18(10-14)28-8-7-27-17/h3-6,9-10,12H,7-8,11H2,1-2H3,(H,21,24). The SMILES string of the molecule is CC(C(=O)Nc1ccc2c(c1)OCCO2)N(C)Cc1cc([N+](=O)[O-])ccc1Cl. The highest BCUT2D eigenvalue weighted by molar-refractivity contribution is 6.31. The van der Waals surface area contributed by atoms with Crippen molar-refractivity contribution in [3.63, 3.8) is 0 Å². The lowest BCUT2D eigenvalue weighted by molar-refractivity contribution is -0.384. The number of hydrogen-bond donors (Lipinski definition) is 1. The van der Waals surface area contributed by atoms with Crippen LogP contribution in [0.15, 0.2) is 36.4 Å². The summed E-state index contributed by atoms with van der Waals surface area (Å²) in [7, 11) is 1.75. The topological polar surface area (TPSA) is 93.9 Å². The Kier molecular flexibility index (Phi) is 6.01. The molecule has 2 aromatic carbocycles. The summed E-state index contributed by atoms with van der Waals surface area (Å²) < 4.78 is 11.0. The molecule has 0 saturated heterocycles. The van der Waals surface area contributed by atoms with Gasteiger partial charge in [0.25, 0.3) is 5.69 Å². The van der Waals surface area contributed by atoms with Gasteiger partial charge in [0.05, 0.1) is 11.0 Å². The summed E-state index contributed by atoms with van der Waals surface area (Å²) in [5, 5.41) is 14.2. The maximum atomic E-state index is 12.6. The Hall–Kier alpha value is -2.84. The third-order valence-electron chi connectivity index (χ3n) is 4.51. The summed E-state index contributed by atoms with van der Waals surface area (Å²) in [5.41, 5.74) is 1.14. The fraction of sp³-hybridized carbons (Fsp3) is 0.316. The number of benzene rings is 2. The zero-order valence-electron chi connectivity index (χ0n) is 15.5. The normalized spacial score (nSPS) is 13.9. The first-order valence-corrected chi connectivity index (χ1v) is 9.06. The minimum Gasteiger partial charge on any atom is -0.486 e. The summed E-state index contributed by atoms with van der Waals surface area (Å²) in [4.78, 5) is 24.9. The third kappa shape index (κ3) is 4.52. The summed E-state index contributed by atoms with van der Waals surface area (Å²) >= 11 is 6.15. The van der Waals surface area contributed by atoms with Crippen LogP contribution in [0.2, 0.25) is 5.02 Å². The van der Waals surface area contributed by atoms with E-state index in [4.69, 9.17) is 21.1 Å². The molecule has 28 heavy (non-hydrogen) atoms. The van der Waals surface area contributed by atoms with Crippen LogP contribution in [-0.4, -0.2) is 42.0 Å². The minimum atomic E-state index is -0.497. The van der Waals surface area contributed by atoms with E-state index >= 15 is 0 Å². The average Bonchev–Trinajstić information content (AvgIpc) is 2.68. The lowest BCUT2D eigenvalue weighted by atomic mass is 10.1. The highest BCUT2D eigenvalue weighted by Crippen LogP contribution is 2.32. The van der Waals surface area contributed by atoms with Gasteiger partial charge in [-0.05, 0) is 37.7 Å². The molecule has 0 bridgehead atoms. The van der Waals surface area contributed by atoms with Gasteiger partial charge in [0.1, 0.15) is 13.2 Å². The quantitative estimate of drug-likeness (QED) is 0.584. The van der Waals surface area contributed by atoms with Gasteiger partial charge in [-0.2, -0.15) is 0 Å². The van der Waals surface area contributed by atoms with Crippen LogP contribution in [-0.2, 0) is 11.3 Å². The molecule has 2 aromatic rings. The zero-order valence-corrected chi connectivity index (χ0v) is 16.2. The maximum Gasteiger partial charge on any atom is 0.269 e. The van der Waals surface area contributed by atoms with Crippen molar-refractivity contribution in [1.82, 2.24) is 4.90 Å². The van der Waals surface area contributed by atoms with E-state index < -0.39 is 11.0 Å². The van der Waals surface area contributed by atoms with Crippen molar-refractivity contribution in [2.24, 2.45) is 0 Å². The number of nitrogens with one attached hydrogen (secondary N) is 1. The summed E-state index contributed by atoms with van der Waals surface area (Å²) in [6, 6.07) is 8.98. The van der Waals surface area contributed by atoms with Gasteiger partial charge in [0.2, 0.25) is 5.91 Å². The Morgan fingerprint density at radius 2 is 1.96 bits per heavy atom. The number of nitrogens with zero attached hydrogens (tertiary/aromatic N) is 2. The van der Waals surface area contributed by atoms with Gasteiger partial charge in [0, 0.05) is 35.5 Å². The van der Waals surface area contributed by atoms with E-state index in [2.05, 4.69) is 5.32 Å². The molecule has 148 valence electrons. The first-order chi connectivity index (χ1) is 13.3. The molecule has 1 aliphatic heterocycles. The van der Waals surface area contributed by atoms with E-state index in [1.807, 2.05) is 0 Å². The number of fused-ring (bicyclic) bond motifs is 1. The Bertz CT molecular complexity index is 905. The number of halogens is 1. The smallest absolute Gasteiger partial charge is 0.269 e. The van der Waals surface area contributed by atoms with Crippen molar-refractivity contribution in [2.75, 3.05) is 25.6 Å². The van der Waals surface area contributed by atoms with Crippen molar-refractivity contribution in [3.05, 3.63) is 57.1 Å². The molecular weight excluding hydrogens is 386 g/mol. The molecular formula is C19H20ClN3O5. The van der Waals surface area contributed by atoms with Crippen LogP contribution in [0, 0.1) is 10.1 Å². The highest BCUT2D eigenvalue weighted by atomic mass is 35.5. The molecule has 0 aromatic heterocycles. The second kappa shape index (κ2) is 8.45. The van der Waals surface area contributed by atoms with Gasteiger partial charge >= 0.3 is 0 Å². The van der Waals surface area contributed by atoms with Crippen LogP contribution in [0.3, 0.4) is 0 Å². The fourth-order valence-corrected chi connectivity index (χ4v) is 2.95. The predicted octanol–water partition coefficient (Wildman–Crippen LogP) is 3.48. The number of carbonyl (C=O) groups is 1. The number of nitro groups is 1. The Morgan fingerprint density at radius 3 is 2.68 bits per heavy atom. The molecule has 0 radical (unpaired) electrons. The van der Waals surface area contributed by atoms with Crippen molar-refractivity contribution < 1.29 is 19.2 Å². The largest absolute Gasteiger partial charge is 0.486 e. The molecule has 1 aliphatic rings. The van der Waals surface area contributed by atoms with E-state index in [0.29, 0.717) is 41.0 Å². The molecule has 0 saturated carbocycles. The average molecular weight is 406 g/mol. The number of non-ortho nitro benzene ring substituents is 1. The molecule has 1 amide bonds. The van der Waals surface area contributed by atoms with Gasteiger partial charge in [-0.25, -0.2) is 0 Å². The highest BCUT2D eigenvalue weighted by Gasteiger charge is 2.21. The molecule has 8 nitrogen and oxygen atoms in total. The number of anilines is 1. The van der Waals surface area contributed by atoms with E-state index in [-0.39, 0.29) is 18.1 Å². The van der Waals surface area contributed by atoms with Crippen molar-refractivity contribution in [3.8, 4) is 11.5 Å². The number of hydrogen-bond acceptors (Lipinski definition) is 6. The van der Waals surface area contributed by atoms with Crippen LogP contribution in [0.25, 0.3) is 0 Å². The van der Waals surface area contributed by atoms with Gasteiger partial charge in [-0.3, -0.25) is 19.8 Å². The lowest BCUT2D eigenvalue weighted by Crippen LogP contribution is -2.39. The van der Waals surface area contributed by atoms with Crippen molar-refractivity contribution in [1.29, 1.82) is 0 Å². The second-order valence-electron chi connectivity index (χ2n) is 6.47. The van der Waals surface area contributed by atoms with Gasteiger partial charge < -0.3 is 14.8 Å². The summed E-state index contributed by atoms with van der Waals surface area (Å²) in [6.45, 7) is 3.00. The first-order valence-electron chi connectivity index (χ1n) is 8.68. The van der Waals surface area contributed by atoms with Crippen LogP contribution < -0.4 is 14.8 Å². The summed E-state index contributed by atoms with van der Waals surface area (Å²) in [5.74, 6) is 1.02. The molecule has 1 atom stereocenters. The van der Waals surface area contributed by atoms with Crippen molar-refractivity contribution in [2.45, 2.75) is 19.5 Å². The number of amides is 1. The monoisotopic (exact) mass is 405 g/mol. The van der Waals surface area contributed by atoms with E-state index in [9.17, 15) is 14.9 Å². The predicted molar refractivity (Wildman–Crippen MR) is 105 cm³/mol. The number of rotatable bonds is 6. The van der Waals surface area contributed by atoms with Gasteiger partial charge in [0.15, 0.2) is 11.5 Å². The van der Waals surface area contributed by atoms with E-state index in [1.165, 1.54) is 18.2 Å². The number of ether oxygens (including phenoxy) is 2. The number of nitro benzene ring substituents is 1. The maximum absolute atomic E-state index is 12.6. The Balaban J connectivity index is 1.66. The number of likely N-dealkylation sites (N-methyl/N-ethyl adjacent to an activating group) is 1. The van der Waals surface area contributed by atoms with Crippen LogP contribution in [0.4, 0.5) is 11.4 Å². The molecule has 0 fully saturated rings. The van der Waals surface area contributed by atoms with Gasteiger partial charge in [-0.15, -0.1) is 0 Å². The van der Waals surface area contributed by atoms with E-state index in [1.54, 1.807) is 37.1 Å². The van der Waals surface area contributed by atoms with E-state index in [0.717, 1.165) is 0 Å².